The zero-order chi connectivity index (χ0) is 19.5. The Kier molecular flexibility index (Phi) is 4.90. The van der Waals surface area contributed by atoms with E-state index in [0.717, 1.165) is 11.3 Å². The number of hydrogen-bond acceptors (Lipinski definition) is 9. The summed E-state index contributed by atoms with van der Waals surface area (Å²) in [7, 11) is 0. The van der Waals surface area contributed by atoms with Gasteiger partial charge in [-0.05, 0) is 19.1 Å². The minimum absolute atomic E-state index is 0.115. The molecule has 28 heavy (non-hydrogen) atoms. The molecule has 0 amide bonds. The van der Waals surface area contributed by atoms with Gasteiger partial charge in [0.1, 0.15) is 5.69 Å². The molecule has 1 aliphatic rings. The Morgan fingerprint density at radius 1 is 1.25 bits per heavy atom. The summed E-state index contributed by atoms with van der Waals surface area (Å²) in [5, 5.41) is 5.88. The van der Waals surface area contributed by atoms with Gasteiger partial charge in [0.05, 0.1) is 18.9 Å². The number of aromatic nitrogens is 2. The second kappa shape index (κ2) is 7.65. The van der Waals surface area contributed by atoms with Gasteiger partial charge in [0.2, 0.25) is 17.0 Å². The van der Waals surface area contributed by atoms with Crippen LogP contribution in [-0.4, -0.2) is 42.5 Å². The van der Waals surface area contributed by atoms with E-state index in [-0.39, 0.29) is 11.1 Å². The predicted molar refractivity (Wildman–Crippen MR) is 106 cm³/mol. The van der Waals surface area contributed by atoms with Crippen LogP contribution in [0, 0.1) is 0 Å². The number of hydrazone groups is 1. The van der Waals surface area contributed by atoms with Gasteiger partial charge < -0.3 is 9.64 Å². The SMILES string of the molecule is C=CN(/N=C\C)c1cccc(-c2nc(N3CCOCC3)nc3c(=O)ooc23)c1. The van der Waals surface area contributed by atoms with E-state index < -0.39 is 5.63 Å². The quantitative estimate of drug-likeness (QED) is 0.378. The fraction of sp³-hybridized carbons (Fsp3) is 0.263. The van der Waals surface area contributed by atoms with Gasteiger partial charge in [-0.1, -0.05) is 18.7 Å². The lowest BCUT2D eigenvalue weighted by Gasteiger charge is -2.26. The molecule has 0 saturated carbocycles. The zero-order valence-electron chi connectivity index (χ0n) is 15.4. The van der Waals surface area contributed by atoms with Crippen molar-refractivity contribution in [2.75, 3.05) is 36.2 Å². The summed E-state index contributed by atoms with van der Waals surface area (Å²) < 4.78 is 15.2. The topological polar surface area (TPSA) is 97.2 Å². The summed E-state index contributed by atoms with van der Waals surface area (Å²) in [5.74, 6) is 0.442. The van der Waals surface area contributed by atoms with Crippen LogP contribution in [0.25, 0.3) is 22.4 Å². The van der Waals surface area contributed by atoms with Crippen LogP contribution in [-0.2, 0) is 4.74 Å². The molecule has 1 aliphatic heterocycles. The van der Waals surface area contributed by atoms with E-state index in [1.807, 2.05) is 36.1 Å². The Morgan fingerprint density at radius 2 is 2.07 bits per heavy atom. The van der Waals surface area contributed by atoms with Gasteiger partial charge in [-0.2, -0.15) is 5.10 Å². The van der Waals surface area contributed by atoms with Crippen LogP contribution < -0.4 is 15.5 Å². The smallest absolute Gasteiger partial charge is 0.378 e. The van der Waals surface area contributed by atoms with Crippen molar-refractivity contribution >= 4 is 29.0 Å². The summed E-state index contributed by atoms with van der Waals surface area (Å²) in [6.45, 7) is 8.05. The van der Waals surface area contributed by atoms with Crippen LogP contribution >= 0.6 is 0 Å². The molecule has 3 aromatic rings. The molecule has 0 atom stereocenters. The molecule has 0 bridgehead atoms. The maximum absolute atomic E-state index is 12.1. The third kappa shape index (κ3) is 3.27. The van der Waals surface area contributed by atoms with Gasteiger partial charge >= 0.3 is 5.63 Å². The van der Waals surface area contributed by atoms with Crippen molar-refractivity contribution in [3.8, 4) is 11.3 Å². The molecule has 0 unspecified atom stereocenters. The molecule has 0 aliphatic carbocycles. The molecular weight excluding hydrogens is 362 g/mol. The Labute approximate surface area is 160 Å². The molecule has 3 heterocycles. The van der Waals surface area contributed by atoms with E-state index in [2.05, 4.69) is 21.6 Å². The molecule has 1 aromatic carbocycles. The van der Waals surface area contributed by atoms with Crippen LogP contribution in [0.3, 0.4) is 0 Å². The van der Waals surface area contributed by atoms with E-state index >= 15 is 0 Å². The third-order valence-electron chi connectivity index (χ3n) is 4.34. The fourth-order valence-corrected chi connectivity index (χ4v) is 3.01. The van der Waals surface area contributed by atoms with Gasteiger partial charge in [0.25, 0.3) is 0 Å². The molecule has 2 aromatic heterocycles. The third-order valence-corrected chi connectivity index (χ3v) is 4.34. The highest BCUT2D eigenvalue weighted by Crippen LogP contribution is 2.30. The van der Waals surface area contributed by atoms with Gasteiger partial charge in [0.15, 0.2) is 0 Å². The van der Waals surface area contributed by atoms with Crippen molar-refractivity contribution in [3.05, 3.63) is 47.5 Å². The maximum Gasteiger partial charge on any atom is 0.408 e. The van der Waals surface area contributed by atoms with Crippen molar-refractivity contribution in [3.63, 3.8) is 0 Å². The molecule has 9 heteroatoms. The Balaban J connectivity index is 1.86. The van der Waals surface area contributed by atoms with Crippen LogP contribution in [0.4, 0.5) is 11.6 Å². The number of ether oxygens (including phenoxy) is 1. The highest BCUT2D eigenvalue weighted by atomic mass is 17.0. The number of anilines is 2. The largest absolute Gasteiger partial charge is 0.408 e. The average Bonchev–Trinajstić information content (AvgIpc) is 3.13. The maximum atomic E-state index is 12.1. The van der Waals surface area contributed by atoms with E-state index in [9.17, 15) is 4.79 Å². The highest BCUT2D eigenvalue weighted by Gasteiger charge is 2.22. The van der Waals surface area contributed by atoms with Crippen molar-refractivity contribution in [2.45, 2.75) is 6.92 Å². The van der Waals surface area contributed by atoms with Crippen molar-refractivity contribution in [1.82, 2.24) is 9.97 Å². The molecule has 0 N–H and O–H groups in total. The average molecular weight is 381 g/mol. The van der Waals surface area contributed by atoms with Gasteiger partial charge in [-0.3, -0.25) is 4.58 Å². The number of benzene rings is 1. The number of morpholine rings is 1. The molecule has 144 valence electrons. The summed E-state index contributed by atoms with van der Waals surface area (Å²) in [5.41, 5.74) is 1.70. The van der Waals surface area contributed by atoms with Crippen LogP contribution in [0.5, 0.6) is 0 Å². The normalized spacial score (nSPS) is 14.7. The summed E-state index contributed by atoms with van der Waals surface area (Å²) in [6.07, 6.45) is 3.27. The van der Waals surface area contributed by atoms with Crippen LogP contribution in [0.2, 0.25) is 0 Å². The van der Waals surface area contributed by atoms with E-state index in [1.54, 1.807) is 17.4 Å². The number of fused-ring (bicyclic) bond motifs is 1. The number of hydrogen-bond donors (Lipinski definition) is 0. The summed E-state index contributed by atoms with van der Waals surface area (Å²) >= 11 is 0. The van der Waals surface area contributed by atoms with Crippen LogP contribution in [0.15, 0.2) is 56.1 Å². The molecule has 0 spiro atoms. The molecule has 9 nitrogen and oxygen atoms in total. The number of nitrogens with zero attached hydrogens (tertiary/aromatic N) is 5. The van der Waals surface area contributed by atoms with Gasteiger partial charge in [-0.25, -0.2) is 24.3 Å². The molecule has 1 fully saturated rings. The van der Waals surface area contributed by atoms with Gasteiger partial charge in [-0.15, -0.1) is 0 Å². The van der Waals surface area contributed by atoms with E-state index in [1.165, 1.54) is 0 Å². The summed E-state index contributed by atoms with van der Waals surface area (Å²) in [6, 6.07) is 7.52. The number of rotatable bonds is 5. The lowest BCUT2D eigenvalue weighted by molar-refractivity contribution is 0.0660. The van der Waals surface area contributed by atoms with Crippen molar-refractivity contribution in [1.29, 1.82) is 0 Å². The van der Waals surface area contributed by atoms with Crippen molar-refractivity contribution < 1.29 is 13.9 Å². The predicted octanol–water partition coefficient (Wildman–Crippen LogP) is 2.64. The first-order chi connectivity index (χ1) is 13.7. The Morgan fingerprint density at radius 3 is 2.82 bits per heavy atom. The monoisotopic (exact) mass is 381 g/mol. The fourth-order valence-electron chi connectivity index (χ4n) is 3.01. The van der Waals surface area contributed by atoms with E-state index in [0.29, 0.717) is 37.9 Å². The minimum Gasteiger partial charge on any atom is -0.378 e. The van der Waals surface area contributed by atoms with Crippen molar-refractivity contribution in [2.24, 2.45) is 5.10 Å². The molecule has 1 saturated heterocycles. The first-order valence-electron chi connectivity index (χ1n) is 8.85. The van der Waals surface area contributed by atoms with Crippen LogP contribution in [0.1, 0.15) is 6.92 Å². The standard InChI is InChI=1S/C19H19N5O4/c1-3-20-24(4-2)14-7-5-6-13(12-14)15-17-16(18(25)28-27-17)22-19(21-15)23-8-10-26-11-9-23/h3-7,12H,2,8-11H2,1H3/b20-3-. The molecule has 0 radical (unpaired) electrons. The Bertz CT molecular complexity index is 1080. The lowest BCUT2D eigenvalue weighted by Crippen LogP contribution is -2.37. The first kappa shape index (κ1) is 17.9. The Hall–Kier alpha value is -3.46. The lowest BCUT2D eigenvalue weighted by atomic mass is 10.1. The minimum atomic E-state index is -0.632. The molecule has 4 rings (SSSR count). The highest BCUT2D eigenvalue weighted by molar-refractivity contribution is 5.88. The summed E-state index contributed by atoms with van der Waals surface area (Å²) in [4.78, 5) is 23.1. The second-order valence-electron chi connectivity index (χ2n) is 6.05. The molecular formula is C19H19N5O4. The van der Waals surface area contributed by atoms with Gasteiger partial charge in [0, 0.05) is 31.1 Å². The first-order valence-corrected chi connectivity index (χ1v) is 8.85. The second-order valence-corrected chi connectivity index (χ2v) is 6.05. The van der Waals surface area contributed by atoms with E-state index in [4.69, 9.17) is 13.9 Å². The zero-order valence-corrected chi connectivity index (χ0v) is 15.4.